The van der Waals surface area contributed by atoms with E-state index in [9.17, 15) is 4.79 Å². The van der Waals surface area contributed by atoms with Crippen molar-refractivity contribution < 1.29 is 19.0 Å². The van der Waals surface area contributed by atoms with E-state index in [-0.39, 0.29) is 18.0 Å². The average Bonchev–Trinajstić information content (AvgIpc) is 2.99. The highest BCUT2D eigenvalue weighted by molar-refractivity contribution is 5.96. The smallest absolute Gasteiger partial charge is 0.239 e. The molecule has 2 aromatic carbocycles. The van der Waals surface area contributed by atoms with Gasteiger partial charge in [0.2, 0.25) is 5.91 Å². The van der Waals surface area contributed by atoms with E-state index in [4.69, 9.17) is 14.2 Å². The van der Waals surface area contributed by atoms with Crippen molar-refractivity contribution in [2.75, 3.05) is 32.2 Å². The van der Waals surface area contributed by atoms with Gasteiger partial charge in [-0.1, -0.05) is 12.1 Å². The number of nitrogens with zero attached hydrogens (tertiary/aromatic N) is 1. The van der Waals surface area contributed by atoms with Crippen LogP contribution in [0.4, 0.5) is 5.69 Å². The van der Waals surface area contributed by atoms with Crippen molar-refractivity contribution in [2.45, 2.75) is 39.3 Å². The molecule has 32 heavy (non-hydrogen) atoms. The standard InChI is InChI=1S/C24H32N4O4/c1-24(2,3)28-22(29)16-26-23(25-15-17-7-5-8-19(13-17)30-4)27-18-9-10-20-21(14-18)32-12-6-11-31-20/h5,7-10,13-14H,6,11-12,15-16H2,1-4H3,(H,28,29)(H2,25,26,27). The lowest BCUT2D eigenvalue weighted by atomic mass is 10.1. The van der Waals surface area contributed by atoms with Gasteiger partial charge in [-0.25, -0.2) is 4.99 Å². The normalized spacial score (nSPS) is 13.7. The Hall–Kier alpha value is -3.42. The number of hydrogen-bond donors (Lipinski definition) is 3. The van der Waals surface area contributed by atoms with Crippen LogP contribution < -0.4 is 30.2 Å². The maximum atomic E-state index is 12.3. The van der Waals surface area contributed by atoms with E-state index in [0.29, 0.717) is 31.5 Å². The van der Waals surface area contributed by atoms with Crippen molar-refractivity contribution in [3.63, 3.8) is 0 Å². The van der Waals surface area contributed by atoms with Crippen LogP contribution in [0, 0.1) is 0 Å². The van der Waals surface area contributed by atoms with Crippen molar-refractivity contribution in [3.05, 3.63) is 48.0 Å². The van der Waals surface area contributed by atoms with E-state index in [1.165, 1.54) is 0 Å². The summed E-state index contributed by atoms with van der Waals surface area (Å²) < 4.78 is 16.8. The Labute approximate surface area is 189 Å². The summed E-state index contributed by atoms with van der Waals surface area (Å²) in [6.45, 7) is 7.58. The lowest BCUT2D eigenvalue weighted by Gasteiger charge is -2.21. The Morgan fingerprint density at radius 2 is 1.88 bits per heavy atom. The Balaban J connectivity index is 1.74. The third kappa shape index (κ3) is 7.37. The Morgan fingerprint density at radius 1 is 1.09 bits per heavy atom. The molecule has 3 N–H and O–H groups in total. The van der Waals surface area contributed by atoms with Gasteiger partial charge in [-0.3, -0.25) is 4.79 Å². The molecule has 0 unspecified atom stereocenters. The number of ether oxygens (including phenoxy) is 3. The Bertz CT molecular complexity index is 953. The number of methoxy groups -OCH3 is 1. The average molecular weight is 441 g/mol. The van der Waals surface area contributed by atoms with Crippen LogP contribution in [0.3, 0.4) is 0 Å². The van der Waals surface area contributed by atoms with Crippen LogP contribution in [0.2, 0.25) is 0 Å². The molecule has 1 amide bonds. The largest absolute Gasteiger partial charge is 0.497 e. The van der Waals surface area contributed by atoms with Gasteiger partial charge < -0.3 is 30.2 Å². The molecule has 0 saturated heterocycles. The van der Waals surface area contributed by atoms with E-state index >= 15 is 0 Å². The highest BCUT2D eigenvalue weighted by Crippen LogP contribution is 2.32. The molecule has 0 spiro atoms. The summed E-state index contributed by atoms with van der Waals surface area (Å²) in [5.74, 6) is 2.54. The third-order valence-corrected chi connectivity index (χ3v) is 4.49. The first-order valence-corrected chi connectivity index (χ1v) is 10.7. The minimum absolute atomic E-state index is 0.0891. The highest BCUT2D eigenvalue weighted by Gasteiger charge is 2.15. The van der Waals surface area contributed by atoms with Crippen LogP contribution in [0.25, 0.3) is 0 Å². The zero-order chi connectivity index (χ0) is 23.0. The third-order valence-electron chi connectivity index (χ3n) is 4.49. The number of amides is 1. The first kappa shape index (κ1) is 23.2. The molecule has 0 saturated carbocycles. The minimum atomic E-state index is -0.307. The van der Waals surface area contributed by atoms with Crippen LogP contribution in [0.1, 0.15) is 32.8 Å². The fourth-order valence-electron chi connectivity index (χ4n) is 3.08. The molecule has 0 aliphatic carbocycles. The lowest BCUT2D eigenvalue weighted by molar-refractivity contribution is -0.121. The number of hydrogen-bond acceptors (Lipinski definition) is 5. The van der Waals surface area contributed by atoms with Gasteiger partial charge in [0.05, 0.1) is 33.4 Å². The summed E-state index contributed by atoms with van der Waals surface area (Å²) >= 11 is 0. The lowest BCUT2D eigenvalue weighted by Crippen LogP contribution is -2.46. The van der Waals surface area contributed by atoms with Crippen LogP contribution in [0.15, 0.2) is 47.5 Å². The molecule has 0 fully saturated rings. The molecule has 1 aliphatic heterocycles. The van der Waals surface area contributed by atoms with Gasteiger partial charge in [-0.2, -0.15) is 0 Å². The molecule has 0 aromatic heterocycles. The predicted octanol–water partition coefficient (Wildman–Crippen LogP) is 3.33. The molecule has 0 bridgehead atoms. The van der Waals surface area contributed by atoms with Crippen LogP contribution in [-0.4, -0.2) is 44.3 Å². The van der Waals surface area contributed by atoms with Gasteiger partial charge in [0.1, 0.15) is 5.75 Å². The molecular formula is C24H32N4O4. The fourth-order valence-corrected chi connectivity index (χ4v) is 3.08. The van der Waals surface area contributed by atoms with Gasteiger partial charge in [-0.05, 0) is 50.6 Å². The van der Waals surface area contributed by atoms with Gasteiger partial charge >= 0.3 is 0 Å². The van der Waals surface area contributed by atoms with E-state index in [0.717, 1.165) is 29.2 Å². The van der Waals surface area contributed by atoms with Gasteiger partial charge in [0, 0.05) is 23.7 Å². The van der Waals surface area contributed by atoms with Crippen molar-refractivity contribution >= 4 is 17.6 Å². The molecule has 0 atom stereocenters. The molecule has 1 heterocycles. The first-order valence-electron chi connectivity index (χ1n) is 10.7. The number of aliphatic imine (C=N–C) groups is 1. The zero-order valence-corrected chi connectivity index (χ0v) is 19.2. The Kier molecular flexibility index (Phi) is 7.81. The number of benzene rings is 2. The molecule has 8 nitrogen and oxygen atoms in total. The summed E-state index contributed by atoms with van der Waals surface area (Å²) in [5, 5.41) is 9.30. The van der Waals surface area contributed by atoms with E-state index in [2.05, 4.69) is 20.9 Å². The predicted molar refractivity (Wildman–Crippen MR) is 126 cm³/mol. The summed E-state index contributed by atoms with van der Waals surface area (Å²) in [7, 11) is 1.63. The molecule has 0 radical (unpaired) electrons. The van der Waals surface area contributed by atoms with Crippen LogP contribution in [-0.2, 0) is 11.3 Å². The number of rotatable bonds is 6. The second-order valence-electron chi connectivity index (χ2n) is 8.51. The number of carbonyl (C=O) groups excluding carboxylic acids is 1. The number of nitrogens with one attached hydrogen (secondary N) is 3. The van der Waals surface area contributed by atoms with Crippen molar-refractivity contribution in [3.8, 4) is 17.2 Å². The number of guanidine groups is 1. The van der Waals surface area contributed by atoms with Crippen LogP contribution in [0.5, 0.6) is 17.2 Å². The number of fused-ring (bicyclic) bond motifs is 1. The second-order valence-corrected chi connectivity index (χ2v) is 8.51. The van der Waals surface area contributed by atoms with Gasteiger partial charge in [-0.15, -0.1) is 0 Å². The maximum absolute atomic E-state index is 12.3. The number of anilines is 1. The van der Waals surface area contributed by atoms with E-state index in [1.807, 2.05) is 63.2 Å². The Morgan fingerprint density at radius 3 is 2.62 bits per heavy atom. The van der Waals surface area contributed by atoms with Crippen LogP contribution >= 0.6 is 0 Å². The molecule has 3 rings (SSSR count). The van der Waals surface area contributed by atoms with Crippen molar-refractivity contribution in [1.29, 1.82) is 0 Å². The van der Waals surface area contributed by atoms with Crippen molar-refractivity contribution in [2.24, 2.45) is 4.99 Å². The van der Waals surface area contributed by atoms with E-state index < -0.39 is 0 Å². The van der Waals surface area contributed by atoms with Gasteiger partial charge in [0.15, 0.2) is 17.5 Å². The quantitative estimate of drug-likeness (QED) is 0.471. The molecule has 8 heteroatoms. The summed E-state index contributed by atoms with van der Waals surface area (Å²) in [6.07, 6.45) is 0.842. The minimum Gasteiger partial charge on any atom is -0.497 e. The summed E-state index contributed by atoms with van der Waals surface area (Å²) in [4.78, 5) is 16.9. The van der Waals surface area contributed by atoms with Gasteiger partial charge in [0.25, 0.3) is 0 Å². The second kappa shape index (κ2) is 10.7. The van der Waals surface area contributed by atoms with Crippen molar-refractivity contribution in [1.82, 2.24) is 10.6 Å². The summed E-state index contributed by atoms with van der Waals surface area (Å²) in [6, 6.07) is 13.4. The molecule has 172 valence electrons. The topological polar surface area (TPSA) is 93.2 Å². The first-order chi connectivity index (χ1) is 15.3. The zero-order valence-electron chi connectivity index (χ0n) is 19.2. The fraction of sp³-hybridized carbons (Fsp3) is 0.417. The maximum Gasteiger partial charge on any atom is 0.239 e. The highest BCUT2D eigenvalue weighted by atomic mass is 16.5. The number of carbonyl (C=O) groups is 1. The van der Waals surface area contributed by atoms with E-state index in [1.54, 1.807) is 7.11 Å². The molecule has 1 aliphatic rings. The molecule has 2 aromatic rings. The summed E-state index contributed by atoms with van der Waals surface area (Å²) in [5.41, 5.74) is 1.46. The monoisotopic (exact) mass is 440 g/mol. The molecular weight excluding hydrogens is 408 g/mol. The SMILES string of the molecule is COc1cccc(CN=C(NCC(=O)NC(C)(C)C)Nc2ccc3c(c2)OCCCO3)c1.